The average Bonchev–Trinajstić information content (AvgIpc) is 3.57. The number of hydrogen-bond acceptors (Lipinski definition) is 7. The summed E-state index contributed by atoms with van der Waals surface area (Å²) < 4.78 is 75.8. The molecular formula is C35H31F4N3O5. The van der Waals surface area contributed by atoms with Gasteiger partial charge in [0.1, 0.15) is 28.8 Å². The minimum atomic E-state index is -4.73. The summed E-state index contributed by atoms with van der Waals surface area (Å²) in [5.74, 6) is -0.873. The molecule has 12 heteroatoms. The first-order chi connectivity index (χ1) is 22.2. The third kappa shape index (κ3) is 6.77. The number of esters is 1. The fourth-order valence-electron chi connectivity index (χ4n) is 5.68. The number of carbonyl (C=O) groups excluding carboxylic acids is 2. The van der Waals surface area contributed by atoms with E-state index in [4.69, 9.17) is 13.9 Å². The second-order valence-electron chi connectivity index (χ2n) is 12.4. The van der Waals surface area contributed by atoms with E-state index in [1.807, 2.05) is 0 Å². The predicted molar refractivity (Wildman–Crippen MR) is 163 cm³/mol. The van der Waals surface area contributed by atoms with E-state index in [9.17, 15) is 27.2 Å². The molecule has 3 aromatic carbocycles. The molecule has 6 rings (SSSR count). The van der Waals surface area contributed by atoms with Crippen LogP contribution in [0.25, 0.3) is 16.8 Å². The van der Waals surface area contributed by atoms with Crippen LogP contribution in [0.5, 0.6) is 5.75 Å². The van der Waals surface area contributed by atoms with Gasteiger partial charge in [-0.3, -0.25) is 4.79 Å². The van der Waals surface area contributed by atoms with Gasteiger partial charge in [0.2, 0.25) is 0 Å². The van der Waals surface area contributed by atoms with Crippen LogP contribution < -0.4 is 4.74 Å². The zero-order valence-corrected chi connectivity index (χ0v) is 26.1. The Hall–Kier alpha value is -5.00. The summed E-state index contributed by atoms with van der Waals surface area (Å²) in [6.45, 7) is 6.90. The zero-order chi connectivity index (χ0) is 33.7. The van der Waals surface area contributed by atoms with E-state index in [1.54, 1.807) is 45.9 Å². The number of Topliss-reactive ketones (excluding diaryl/α,β-unsaturated/α-hetero) is 1. The van der Waals surface area contributed by atoms with Gasteiger partial charge in [-0.1, -0.05) is 12.1 Å². The topological polar surface area (TPSA) is 96.5 Å². The molecule has 1 aliphatic rings. The molecule has 1 aliphatic carbocycles. The third-order valence-electron chi connectivity index (χ3n) is 7.68. The van der Waals surface area contributed by atoms with E-state index in [0.29, 0.717) is 41.1 Å². The first-order valence-electron chi connectivity index (χ1n) is 15.0. The molecular weight excluding hydrogens is 618 g/mol. The Morgan fingerprint density at radius 1 is 1.02 bits per heavy atom. The maximum Gasteiger partial charge on any atom is 0.435 e. The predicted octanol–water partition coefficient (Wildman–Crippen LogP) is 8.32. The number of oxazole rings is 1. The number of aryl methyl sites for hydroxylation is 1. The van der Waals surface area contributed by atoms with Crippen molar-refractivity contribution in [2.75, 3.05) is 0 Å². The molecule has 244 valence electrons. The number of nitrogens with zero attached hydrogens (tertiary/aromatic N) is 3. The Bertz CT molecular complexity index is 1990. The highest BCUT2D eigenvalue weighted by atomic mass is 19.4. The molecule has 0 saturated carbocycles. The largest absolute Gasteiger partial charge is 0.484 e. The van der Waals surface area contributed by atoms with Crippen LogP contribution >= 0.6 is 0 Å². The summed E-state index contributed by atoms with van der Waals surface area (Å²) in [4.78, 5) is 29.9. The van der Waals surface area contributed by atoms with Gasteiger partial charge in [0.25, 0.3) is 0 Å². The molecule has 0 spiro atoms. The number of ether oxygens (including phenoxy) is 2. The fourth-order valence-corrected chi connectivity index (χ4v) is 5.68. The monoisotopic (exact) mass is 649 g/mol. The summed E-state index contributed by atoms with van der Waals surface area (Å²) in [5.41, 5.74) is 0.0177. The van der Waals surface area contributed by atoms with Gasteiger partial charge in [-0.05, 0) is 88.1 Å². The maximum absolute atomic E-state index is 14.8. The van der Waals surface area contributed by atoms with Crippen molar-refractivity contribution in [3.63, 3.8) is 0 Å². The number of ketones is 1. The highest BCUT2D eigenvalue weighted by Gasteiger charge is 2.42. The van der Waals surface area contributed by atoms with Crippen molar-refractivity contribution in [1.82, 2.24) is 14.8 Å². The minimum absolute atomic E-state index is 0.0218. The van der Waals surface area contributed by atoms with E-state index in [-0.39, 0.29) is 40.9 Å². The summed E-state index contributed by atoms with van der Waals surface area (Å²) in [5, 5.41) is 3.99. The Morgan fingerprint density at radius 3 is 2.47 bits per heavy atom. The van der Waals surface area contributed by atoms with E-state index in [0.717, 1.165) is 0 Å². The maximum atomic E-state index is 14.8. The fraction of sp³-hybridized carbons (Fsp3) is 0.314. The lowest BCUT2D eigenvalue weighted by Crippen LogP contribution is -2.23. The number of hydrogen-bond donors (Lipinski definition) is 0. The molecule has 0 fully saturated rings. The third-order valence-corrected chi connectivity index (χ3v) is 7.68. The highest BCUT2D eigenvalue weighted by molar-refractivity contribution is 5.98. The second-order valence-corrected chi connectivity index (χ2v) is 12.4. The molecule has 0 amide bonds. The van der Waals surface area contributed by atoms with Gasteiger partial charge in [-0.15, -0.1) is 0 Å². The second kappa shape index (κ2) is 12.0. The van der Waals surface area contributed by atoms with Gasteiger partial charge in [0.15, 0.2) is 23.0 Å². The van der Waals surface area contributed by atoms with Crippen molar-refractivity contribution < 1.29 is 41.0 Å². The Balaban J connectivity index is 1.31. The molecule has 1 atom stereocenters. The smallest absolute Gasteiger partial charge is 0.435 e. The first kappa shape index (κ1) is 32.0. The lowest BCUT2D eigenvalue weighted by atomic mass is 9.92. The van der Waals surface area contributed by atoms with Crippen LogP contribution in [-0.4, -0.2) is 32.1 Å². The van der Waals surface area contributed by atoms with E-state index < -0.39 is 41.1 Å². The molecule has 0 saturated heterocycles. The van der Waals surface area contributed by atoms with Crippen LogP contribution in [0.3, 0.4) is 0 Å². The number of aromatic nitrogens is 3. The Morgan fingerprint density at radius 2 is 1.77 bits per heavy atom. The zero-order valence-electron chi connectivity index (χ0n) is 26.1. The van der Waals surface area contributed by atoms with Crippen molar-refractivity contribution >= 4 is 22.9 Å². The first-order valence-corrected chi connectivity index (χ1v) is 15.0. The summed E-state index contributed by atoms with van der Waals surface area (Å²) in [7, 11) is 0. The van der Waals surface area contributed by atoms with Crippen molar-refractivity contribution in [2.24, 2.45) is 0 Å². The molecule has 0 radical (unpaired) electrons. The summed E-state index contributed by atoms with van der Waals surface area (Å²) in [6.07, 6.45) is -4.85. The standard InChI is InChI=1S/C35H31F4N3O5/c1-19-40-27-18-26(36)22(17-30(27)45-19)16-28(43)21-7-5-8-23(15-21)42-31-25(32(41-42)35(37,38)39)9-6-10-29(31)46-24-13-11-20(12-14-24)33(44)47-34(2,3)4/h5,7-8,11-15,17-18,29H,6,9-10,16H2,1-4H3. The van der Waals surface area contributed by atoms with Gasteiger partial charge in [0, 0.05) is 30.5 Å². The van der Waals surface area contributed by atoms with Gasteiger partial charge in [-0.2, -0.15) is 18.3 Å². The number of rotatable bonds is 7. The molecule has 2 aromatic heterocycles. The molecule has 8 nitrogen and oxygen atoms in total. The van der Waals surface area contributed by atoms with Crippen LogP contribution in [0.2, 0.25) is 0 Å². The molecule has 2 heterocycles. The molecule has 47 heavy (non-hydrogen) atoms. The molecule has 0 aliphatic heterocycles. The van der Waals surface area contributed by atoms with Crippen LogP contribution in [0.15, 0.2) is 65.1 Å². The van der Waals surface area contributed by atoms with Gasteiger partial charge < -0.3 is 13.9 Å². The average molecular weight is 650 g/mol. The normalized spacial score (nSPS) is 15.0. The number of alkyl halides is 3. The molecule has 0 N–H and O–H groups in total. The summed E-state index contributed by atoms with van der Waals surface area (Å²) >= 11 is 0. The molecule has 1 unspecified atom stereocenters. The Kier molecular flexibility index (Phi) is 8.15. The van der Waals surface area contributed by atoms with Crippen LogP contribution in [-0.2, 0) is 23.8 Å². The quantitative estimate of drug-likeness (QED) is 0.0994. The van der Waals surface area contributed by atoms with Crippen molar-refractivity contribution in [3.05, 3.63) is 106 Å². The number of benzene rings is 3. The van der Waals surface area contributed by atoms with Crippen molar-refractivity contribution in [3.8, 4) is 11.4 Å². The van der Waals surface area contributed by atoms with Gasteiger partial charge in [-0.25, -0.2) is 18.9 Å². The number of carbonyl (C=O) groups is 2. The minimum Gasteiger partial charge on any atom is -0.484 e. The van der Waals surface area contributed by atoms with E-state index in [2.05, 4.69) is 10.1 Å². The highest BCUT2D eigenvalue weighted by Crippen LogP contribution is 2.42. The number of halogens is 4. The molecule has 0 bridgehead atoms. The summed E-state index contributed by atoms with van der Waals surface area (Å²) in [6, 6.07) is 14.9. The van der Waals surface area contributed by atoms with Gasteiger partial charge in [0.05, 0.1) is 16.9 Å². The SMILES string of the molecule is Cc1nc2cc(F)c(CC(=O)c3cccc(-n4nc(C(F)(F)F)c5c4C(Oc4ccc(C(=O)OC(C)(C)C)cc4)CCC5)c3)cc2o1. The van der Waals surface area contributed by atoms with Crippen LogP contribution in [0.1, 0.15) is 88.8 Å². The lowest BCUT2D eigenvalue weighted by Gasteiger charge is -2.26. The van der Waals surface area contributed by atoms with Crippen LogP contribution in [0.4, 0.5) is 17.6 Å². The Labute approximate surface area is 267 Å². The molecule has 5 aromatic rings. The van der Waals surface area contributed by atoms with Crippen molar-refractivity contribution in [2.45, 2.75) is 71.3 Å². The van der Waals surface area contributed by atoms with E-state index >= 15 is 0 Å². The van der Waals surface area contributed by atoms with Gasteiger partial charge >= 0.3 is 12.1 Å². The lowest BCUT2D eigenvalue weighted by molar-refractivity contribution is -0.142. The number of fused-ring (bicyclic) bond motifs is 2. The van der Waals surface area contributed by atoms with Crippen LogP contribution in [0, 0.1) is 12.7 Å². The van der Waals surface area contributed by atoms with E-state index in [1.165, 1.54) is 47.1 Å². The van der Waals surface area contributed by atoms with Crippen molar-refractivity contribution in [1.29, 1.82) is 0 Å².